The van der Waals surface area contributed by atoms with Crippen LogP contribution in [-0.4, -0.2) is 17.1 Å². The topological polar surface area (TPSA) is 63.3 Å². The first-order valence-corrected chi connectivity index (χ1v) is 5.28. The van der Waals surface area contributed by atoms with Crippen LogP contribution in [0.4, 0.5) is 4.39 Å². The summed E-state index contributed by atoms with van der Waals surface area (Å²) in [6, 6.07) is 3.07. The van der Waals surface area contributed by atoms with Crippen LogP contribution in [0, 0.1) is 5.82 Å². The molecule has 16 heavy (non-hydrogen) atoms. The van der Waals surface area contributed by atoms with Gasteiger partial charge in [0.1, 0.15) is 11.9 Å². The molecule has 5 heteroatoms. The van der Waals surface area contributed by atoms with Gasteiger partial charge in [-0.15, -0.1) is 0 Å². The Kier molecular flexibility index (Phi) is 2.64. The lowest BCUT2D eigenvalue weighted by Crippen LogP contribution is -2.42. The summed E-state index contributed by atoms with van der Waals surface area (Å²) in [5.41, 5.74) is 5.56. The Morgan fingerprint density at radius 3 is 2.56 bits per heavy atom. The number of carboxylic acid groups (broad SMARTS) is 1. The van der Waals surface area contributed by atoms with Gasteiger partial charge in [0.2, 0.25) is 0 Å². The number of rotatable bonds is 3. The van der Waals surface area contributed by atoms with Crippen molar-refractivity contribution < 1.29 is 14.3 Å². The zero-order valence-corrected chi connectivity index (χ0v) is 9.17. The van der Waals surface area contributed by atoms with Crippen LogP contribution in [0.1, 0.15) is 18.4 Å². The maximum atomic E-state index is 13.2. The number of nitrogens with two attached hydrogens (primary N) is 1. The number of carbonyl (C=O) groups is 1. The third-order valence-electron chi connectivity index (χ3n) is 3.09. The van der Waals surface area contributed by atoms with Gasteiger partial charge in [-0.05, 0) is 36.6 Å². The molecule has 3 N–H and O–H groups in total. The van der Waals surface area contributed by atoms with Gasteiger partial charge in [0, 0.05) is 10.4 Å². The van der Waals surface area contributed by atoms with Crippen molar-refractivity contribution in [2.24, 2.45) is 5.73 Å². The van der Waals surface area contributed by atoms with Gasteiger partial charge < -0.3 is 10.8 Å². The molecular formula is C11H11ClFNO2. The zero-order chi connectivity index (χ0) is 11.9. The number of halogens is 2. The molecule has 1 aliphatic rings. The number of hydrogen-bond acceptors (Lipinski definition) is 2. The van der Waals surface area contributed by atoms with Crippen molar-refractivity contribution in [2.75, 3.05) is 0 Å². The monoisotopic (exact) mass is 243 g/mol. The summed E-state index contributed by atoms with van der Waals surface area (Å²) >= 11 is 5.74. The molecule has 1 aromatic carbocycles. The highest BCUT2D eigenvalue weighted by molar-refractivity contribution is 6.30. The highest BCUT2D eigenvalue weighted by atomic mass is 35.5. The lowest BCUT2D eigenvalue weighted by molar-refractivity contribution is -0.139. The minimum Gasteiger partial charge on any atom is -0.480 e. The molecule has 1 aromatic rings. The Morgan fingerprint density at radius 1 is 1.50 bits per heavy atom. The third-order valence-corrected chi connectivity index (χ3v) is 3.31. The summed E-state index contributed by atoms with van der Waals surface area (Å²) in [4.78, 5) is 10.9. The van der Waals surface area contributed by atoms with Crippen molar-refractivity contribution in [1.82, 2.24) is 0 Å². The third kappa shape index (κ3) is 1.79. The highest BCUT2D eigenvalue weighted by Crippen LogP contribution is 2.51. The SMILES string of the molecule is NC(C(=O)O)C1(c2cc(F)cc(Cl)c2)CC1. The molecular weight excluding hydrogens is 233 g/mol. The van der Waals surface area contributed by atoms with Crippen LogP contribution < -0.4 is 5.73 Å². The van der Waals surface area contributed by atoms with Crippen molar-refractivity contribution >= 4 is 17.6 Å². The lowest BCUT2D eigenvalue weighted by Gasteiger charge is -2.20. The minimum atomic E-state index is -1.07. The fraction of sp³-hybridized carbons (Fsp3) is 0.364. The average Bonchev–Trinajstić information content (AvgIpc) is 2.95. The standard InChI is InChI=1S/C11H11ClFNO2/c12-7-3-6(4-8(13)5-7)11(1-2-11)9(14)10(15)16/h3-5,9H,1-2,14H2,(H,15,16). The zero-order valence-electron chi connectivity index (χ0n) is 8.41. The molecule has 0 aliphatic heterocycles. The van der Waals surface area contributed by atoms with Crippen molar-refractivity contribution in [1.29, 1.82) is 0 Å². The highest BCUT2D eigenvalue weighted by Gasteiger charge is 2.52. The molecule has 1 unspecified atom stereocenters. The summed E-state index contributed by atoms with van der Waals surface area (Å²) in [6.45, 7) is 0. The van der Waals surface area contributed by atoms with Gasteiger partial charge in [-0.3, -0.25) is 4.79 Å². The quantitative estimate of drug-likeness (QED) is 0.853. The summed E-state index contributed by atoms with van der Waals surface area (Å²) in [7, 11) is 0. The molecule has 0 amide bonds. The van der Waals surface area contributed by atoms with E-state index in [1.165, 1.54) is 12.1 Å². The number of carboxylic acids is 1. The van der Waals surface area contributed by atoms with Crippen LogP contribution in [0.5, 0.6) is 0 Å². The van der Waals surface area contributed by atoms with Crippen molar-refractivity contribution in [3.63, 3.8) is 0 Å². The smallest absolute Gasteiger partial charge is 0.321 e. The van der Waals surface area contributed by atoms with Crippen LogP contribution in [-0.2, 0) is 10.2 Å². The Labute approximate surface area is 97.0 Å². The summed E-state index contributed by atoms with van der Waals surface area (Å²) in [5.74, 6) is -1.54. The predicted octanol–water partition coefficient (Wildman–Crippen LogP) is 1.92. The fourth-order valence-electron chi connectivity index (χ4n) is 1.99. The second-order valence-corrected chi connectivity index (χ2v) is 4.57. The molecule has 86 valence electrons. The van der Waals surface area contributed by atoms with Crippen LogP contribution in [0.15, 0.2) is 18.2 Å². The Bertz CT molecular complexity index is 425. The molecule has 2 rings (SSSR count). The van der Waals surface area contributed by atoms with E-state index in [0.29, 0.717) is 18.4 Å². The van der Waals surface area contributed by atoms with Gasteiger partial charge in [-0.2, -0.15) is 0 Å². The largest absolute Gasteiger partial charge is 0.480 e. The van der Waals surface area contributed by atoms with Gasteiger partial charge in [-0.1, -0.05) is 11.6 Å². The molecule has 1 fully saturated rings. The van der Waals surface area contributed by atoms with E-state index in [2.05, 4.69) is 0 Å². The number of hydrogen-bond donors (Lipinski definition) is 2. The Morgan fingerprint density at radius 2 is 2.12 bits per heavy atom. The van der Waals surface area contributed by atoms with E-state index in [1.807, 2.05) is 0 Å². The maximum Gasteiger partial charge on any atom is 0.321 e. The van der Waals surface area contributed by atoms with Crippen LogP contribution in [0.2, 0.25) is 5.02 Å². The molecule has 0 spiro atoms. The second-order valence-electron chi connectivity index (χ2n) is 4.13. The Balaban J connectivity index is 2.40. The molecule has 0 radical (unpaired) electrons. The van der Waals surface area contributed by atoms with Crippen molar-refractivity contribution in [2.45, 2.75) is 24.3 Å². The number of aliphatic carboxylic acids is 1. The molecule has 1 saturated carbocycles. The first kappa shape index (κ1) is 11.4. The van der Waals surface area contributed by atoms with E-state index in [4.69, 9.17) is 22.4 Å². The molecule has 1 atom stereocenters. The first-order chi connectivity index (χ1) is 7.45. The van der Waals surface area contributed by atoms with Crippen molar-refractivity contribution in [3.05, 3.63) is 34.6 Å². The van der Waals surface area contributed by atoms with E-state index >= 15 is 0 Å². The summed E-state index contributed by atoms with van der Waals surface area (Å²) < 4.78 is 13.2. The molecule has 1 aliphatic carbocycles. The summed E-state index contributed by atoms with van der Waals surface area (Å²) in [6.07, 6.45) is 1.31. The van der Waals surface area contributed by atoms with E-state index in [1.54, 1.807) is 6.07 Å². The van der Waals surface area contributed by atoms with Gasteiger partial charge in [0.15, 0.2) is 0 Å². The first-order valence-electron chi connectivity index (χ1n) is 4.91. The molecule has 3 nitrogen and oxygen atoms in total. The van der Waals surface area contributed by atoms with E-state index in [9.17, 15) is 9.18 Å². The van der Waals surface area contributed by atoms with Gasteiger partial charge in [-0.25, -0.2) is 4.39 Å². The van der Waals surface area contributed by atoms with Crippen molar-refractivity contribution in [3.8, 4) is 0 Å². The Hall–Kier alpha value is -1.13. The molecule has 0 bridgehead atoms. The van der Waals surface area contributed by atoms with Gasteiger partial charge >= 0.3 is 5.97 Å². The molecule has 0 aromatic heterocycles. The molecule has 0 saturated heterocycles. The lowest BCUT2D eigenvalue weighted by atomic mass is 9.88. The average molecular weight is 244 g/mol. The van der Waals surface area contributed by atoms with Gasteiger partial charge in [0.05, 0.1) is 0 Å². The van der Waals surface area contributed by atoms with E-state index in [-0.39, 0.29) is 5.02 Å². The minimum absolute atomic E-state index is 0.263. The molecule has 0 heterocycles. The van der Waals surface area contributed by atoms with Crippen LogP contribution in [0.25, 0.3) is 0 Å². The number of benzene rings is 1. The fourth-order valence-corrected chi connectivity index (χ4v) is 2.21. The normalized spacial score (nSPS) is 19.2. The van der Waals surface area contributed by atoms with Gasteiger partial charge in [0.25, 0.3) is 0 Å². The van der Waals surface area contributed by atoms with E-state index < -0.39 is 23.2 Å². The maximum absolute atomic E-state index is 13.2. The van der Waals surface area contributed by atoms with E-state index in [0.717, 1.165) is 0 Å². The predicted molar refractivity (Wildman–Crippen MR) is 57.9 cm³/mol. The van der Waals surface area contributed by atoms with Crippen LogP contribution >= 0.6 is 11.6 Å². The summed E-state index contributed by atoms with van der Waals surface area (Å²) in [5, 5.41) is 9.17. The van der Waals surface area contributed by atoms with Crippen LogP contribution in [0.3, 0.4) is 0 Å². The second kappa shape index (κ2) is 3.71.